The van der Waals surface area contributed by atoms with E-state index in [1.54, 1.807) is 25.5 Å². The van der Waals surface area contributed by atoms with Gasteiger partial charge in [-0.3, -0.25) is 4.79 Å². The van der Waals surface area contributed by atoms with Crippen LogP contribution in [0.3, 0.4) is 0 Å². The van der Waals surface area contributed by atoms with Crippen LogP contribution in [-0.2, 0) is 29.4 Å². The highest BCUT2D eigenvalue weighted by Crippen LogP contribution is 2.38. The van der Waals surface area contributed by atoms with Gasteiger partial charge in [-0.25, -0.2) is 13.6 Å². The molecule has 2 heterocycles. The molecule has 1 aromatic carbocycles. The van der Waals surface area contributed by atoms with Crippen LogP contribution >= 0.6 is 23.1 Å². The van der Waals surface area contributed by atoms with Gasteiger partial charge >= 0.3 is 5.97 Å². The van der Waals surface area contributed by atoms with E-state index in [-0.39, 0.29) is 24.0 Å². The first-order chi connectivity index (χ1) is 17.3. The monoisotopic (exact) mass is 536 g/mol. The normalized spacial score (nSPS) is 13.7. The number of carbonyl (C=O) groups excluding carboxylic acids is 2. The number of esters is 1. The number of aromatic nitrogens is 3. The summed E-state index contributed by atoms with van der Waals surface area (Å²) in [5.74, 6) is -1.85. The molecule has 0 saturated carbocycles. The second-order valence-corrected chi connectivity index (χ2v) is 10.3. The van der Waals surface area contributed by atoms with E-state index in [9.17, 15) is 18.4 Å². The van der Waals surface area contributed by atoms with E-state index in [2.05, 4.69) is 15.5 Å². The molecule has 0 aliphatic heterocycles. The van der Waals surface area contributed by atoms with Gasteiger partial charge in [-0.2, -0.15) is 0 Å². The minimum Gasteiger partial charge on any atom is -0.480 e. The molecule has 192 valence electrons. The Bertz CT molecular complexity index is 1280. The highest BCUT2D eigenvalue weighted by Gasteiger charge is 2.27. The number of thiophene rings is 1. The summed E-state index contributed by atoms with van der Waals surface area (Å²) in [5.41, 5.74) is 1.45. The maximum atomic E-state index is 13.9. The summed E-state index contributed by atoms with van der Waals surface area (Å²) in [5, 5.41) is 12.1. The van der Waals surface area contributed by atoms with Crippen molar-refractivity contribution in [1.82, 2.24) is 14.8 Å². The van der Waals surface area contributed by atoms with Gasteiger partial charge in [-0.15, -0.1) is 21.5 Å². The van der Waals surface area contributed by atoms with Crippen molar-refractivity contribution >= 4 is 40.0 Å². The lowest BCUT2D eigenvalue weighted by Crippen LogP contribution is -2.17. The summed E-state index contributed by atoms with van der Waals surface area (Å²) in [6, 6.07) is 3.07. The molecule has 4 rings (SSSR count). The quantitative estimate of drug-likeness (QED) is 0.301. The average molecular weight is 537 g/mol. The fraction of sp³-hybridized carbons (Fsp3) is 0.417. The summed E-state index contributed by atoms with van der Waals surface area (Å²) in [6.07, 6.45) is 3.08. The summed E-state index contributed by atoms with van der Waals surface area (Å²) in [7, 11) is 1.71. The number of hydrogen-bond donors (Lipinski definition) is 1. The van der Waals surface area contributed by atoms with Crippen LogP contribution in [0, 0.1) is 11.6 Å². The van der Waals surface area contributed by atoms with Gasteiger partial charge in [0.1, 0.15) is 10.8 Å². The molecule has 0 bridgehead atoms. The molecule has 1 unspecified atom stereocenters. The van der Waals surface area contributed by atoms with E-state index < -0.39 is 23.7 Å². The maximum absolute atomic E-state index is 13.9. The van der Waals surface area contributed by atoms with Crippen LogP contribution in [0.5, 0.6) is 5.75 Å². The van der Waals surface area contributed by atoms with E-state index in [1.807, 2.05) is 0 Å². The minimum atomic E-state index is -0.812. The number of nitrogens with zero attached hydrogens (tertiary/aromatic N) is 3. The molecule has 0 radical (unpaired) electrons. The Kier molecular flexibility index (Phi) is 8.24. The molecule has 2 aromatic heterocycles. The SMILES string of the molecule is CCOC(=O)c1c(NC(=O)CSc2nnc(C(C)Oc3ccc(F)cc3F)n2C)sc2c1CCCC2. The first-order valence-corrected chi connectivity index (χ1v) is 13.3. The van der Waals surface area contributed by atoms with Crippen molar-refractivity contribution in [3.8, 4) is 5.75 Å². The molecule has 12 heteroatoms. The molecule has 0 saturated heterocycles. The summed E-state index contributed by atoms with van der Waals surface area (Å²) < 4.78 is 39.5. The van der Waals surface area contributed by atoms with Crippen LogP contribution < -0.4 is 10.1 Å². The molecule has 8 nitrogen and oxygen atoms in total. The van der Waals surface area contributed by atoms with Crippen LogP contribution in [-0.4, -0.2) is 39.0 Å². The molecule has 1 aliphatic carbocycles. The lowest BCUT2D eigenvalue weighted by molar-refractivity contribution is -0.113. The maximum Gasteiger partial charge on any atom is 0.341 e. The summed E-state index contributed by atoms with van der Waals surface area (Å²) in [6.45, 7) is 3.68. The lowest BCUT2D eigenvalue weighted by atomic mass is 9.95. The largest absolute Gasteiger partial charge is 0.480 e. The van der Waals surface area contributed by atoms with E-state index in [0.717, 1.165) is 48.3 Å². The third kappa shape index (κ3) is 5.70. The molecule has 1 atom stereocenters. The van der Waals surface area contributed by atoms with E-state index in [0.29, 0.717) is 21.5 Å². The minimum absolute atomic E-state index is 0.0403. The van der Waals surface area contributed by atoms with E-state index >= 15 is 0 Å². The number of fused-ring (bicyclic) bond motifs is 1. The number of ether oxygens (including phenoxy) is 2. The standard InChI is InChI=1S/C24H26F2N4O4S2/c1-4-33-23(32)20-15-7-5-6-8-18(15)36-22(20)27-19(31)12-35-24-29-28-21(30(24)3)13(2)34-17-10-9-14(25)11-16(17)26/h9-11,13H,4-8,12H2,1-3H3,(H,27,31). The highest BCUT2D eigenvalue weighted by molar-refractivity contribution is 7.99. The van der Waals surface area contributed by atoms with Crippen molar-refractivity contribution in [2.24, 2.45) is 7.05 Å². The average Bonchev–Trinajstić information content (AvgIpc) is 3.39. The Morgan fingerprint density at radius 3 is 2.78 bits per heavy atom. The van der Waals surface area contributed by atoms with Gasteiger partial charge in [0.2, 0.25) is 5.91 Å². The summed E-state index contributed by atoms with van der Waals surface area (Å²) in [4.78, 5) is 26.5. The molecule has 0 spiro atoms. The van der Waals surface area contributed by atoms with Crippen molar-refractivity contribution < 1.29 is 27.8 Å². The number of anilines is 1. The first-order valence-electron chi connectivity index (χ1n) is 11.5. The smallest absolute Gasteiger partial charge is 0.341 e. The lowest BCUT2D eigenvalue weighted by Gasteiger charge is -2.14. The Morgan fingerprint density at radius 2 is 2.03 bits per heavy atom. The van der Waals surface area contributed by atoms with Crippen LogP contribution in [0.4, 0.5) is 13.8 Å². The van der Waals surface area contributed by atoms with Crippen molar-refractivity contribution in [2.45, 2.75) is 50.8 Å². The van der Waals surface area contributed by atoms with Crippen molar-refractivity contribution in [3.05, 3.63) is 51.7 Å². The number of rotatable bonds is 9. The molecular weight excluding hydrogens is 510 g/mol. The van der Waals surface area contributed by atoms with Gasteiger partial charge in [0, 0.05) is 18.0 Å². The third-order valence-corrected chi connectivity index (χ3v) is 7.89. The predicted molar refractivity (Wildman–Crippen MR) is 133 cm³/mol. The Balaban J connectivity index is 1.41. The predicted octanol–water partition coefficient (Wildman–Crippen LogP) is 5.08. The number of benzene rings is 1. The Labute approximate surface area is 215 Å². The van der Waals surface area contributed by atoms with E-state index in [4.69, 9.17) is 9.47 Å². The van der Waals surface area contributed by atoms with Crippen LogP contribution in [0.15, 0.2) is 23.4 Å². The third-order valence-electron chi connectivity index (χ3n) is 5.67. The van der Waals surface area contributed by atoms with Gasteiger partial charge < -0.3 is 19.4 Å². The highest BCUT2D eigenvalue weighted by atomic mass is 32.2. The first kappa shape index (κ1) is 26.1. The molecular formula is C24H26F2N4O4S2. The van der Waals surface area contributed by atoms with Crippen molar-refractivity contribution in [3.63, 3.8) is 0 Å². The van der Waals surface area contributed by atoms with Crippen LogP contribution in [0.1, 0.15) is 59.4 Å². The van der Waals surface area contributed by atoms with Crippen molar-refractivity contribution in [1.29, 1.82) is 0 Å². The van der Waals surface area contributed by atoms with Crippen LogP contribution in [0.25, 0.3) is 0 Å². The molecule has 1 N–H and O–H groups in total. The number of amides is 1. The van der Waals surface area contributed by atoms with Crippen molar-refractivity contribution in [2.75, 3.05) is 17.7 Å². The van der Waals surface area contributed by atoms with Gasteiger partial charge in [0.15, 0.2) is 28.7 Å². The fourth-order valence-corrected chi connectivity index (χ4v) is 6.00. The summed E-state index contributed by atoms with van der Waals surface area (Å²) >= 11 is 2.60. The number of aryl methyl sites for hydroxylation is 1. The second-order valence-electron chi connectivity index (χ2n) is 8.21. The molecule has 3 aromatic rings. The number of thioether (sulfide) groups is 1. The molecule has 0 fully saturated rings. The van der Waals surface area contributed by atoms with Gasteiger partial charge in [0.05, 0.1) is 17.9 Å². The van der Waals surface area contributed by atoms with Gasteiger partial charge in [0.25, 0.3) is 0 Å². The number of halogens is 2. The number of hydrogen-bond acceptors (Lipinski definition) is 8. The van der Waals surface area contributed by atoms with Gasteiger partial charge in [-0.1, -0.05) is 11.8 Å². The Morgan fingerprint density at radius 1 is 1.25 bits per heavy atom. The van der Waals surface area contributed by atoms with E-state index in [1.165, 1.54) is 29.2 Å². The topological polar surface area (TPSA) is 95.3 Å². The number of carbonyl (C=O) groups is 2. The Hall–Kier alpha value is -2.99. The van der Waals surface area contributed by atoms with Crippen LogP contribution in [0.2, 0.25) is 0 Å². The zero-order valence-electron chi connectivity index (χ0n) is 20.1. The molecule has 1 aliphatic rings. The van der Waals surface area contributed by atoms with Gasteiger partial charge in [-0.05, 0) is 57.2 Å². The zero-order valence-corrected chi connectivity index (χ0v) is 21.7. The zero-order chi connectivity index (χ0) is 25.8. The second kappa shape index (κ2) is 11.4. The molecule has 36 heavy (non-hydrogen) atoms. The fourth-order valence-electron chi connectivity index (χ4n) is 3.99. The number of nitrogens with one attached hydrogen (secondary N) is 1. The molecule has 1 amide bonds.